The first-order valence-electron chi connectivity index (χ1n) is 9.08. The number of rotatable bonds is 5. The van der Waals surface area contributed by atoms with Crippen LogP contribution in [0.5, 0.6) is 0 Å². The van der Waals surface area contributed by atoms with E-state index in [1.165, 1.54) is 0 Å². The molecule has 1 N–H and O–H groups in total. The molecule has 0 bridgehead atoms. The Hall–Kier alpha value is -2.24. The molecule has 6 heteroatoms. The summed E-state index contributed by atoms with van der Waals surface area (Å²) in [6.45, 7) is 5.84. The number of hydrogen-bond acceptors (Lipinski definition) is 4. The Balaban J connectivity index is 2.00. The lowest BCUT2D eigenvalue weighted by Crippen LogP contribution is -2.57. The number of fused-ring (bicyclic) bond motifs is 1. The highest BCUT2D eigenvalue weighted by atomic mass is 35.5. The Labute approximate surface area is 166 Å². The molecule has 0 aromatic heterocycles. The third kappa shape index (κ3) is 3.89. The number of halogens is 1. The number of carbonyl (C=O) groups is 1. The Bertz CT molecular complexity index is 833. The van der Waals surface area contributed by atoms with E-state index in [0.29, 0.717) is 10.6 Å². The zero-order valence-corrected chi connectivity index (χ0v) is 17.3. The van der Waals surface area contributed by atoms with E-state index in [4.69, 9.17) is 11.6 Å². The van der Waals surface area contributed by atoms with Crippen LogP contribution in [0.15, 0.2) is 42.5 Å². The van der Waals surface area contributed by atoms with Crippen LogP contribution in [-0.2, 0) is 0 Å². The smallest absolute Gasteiger partial charge is 0.262 e. The van der Waals surface area contributed by atoms with E-state index in [0.717, 1.165) is 30.2 Å². The molecule has 1 amide bonds. The van der Waals surface area contributed by atoms with Crippen molar-refractivity contribution in [1.82, 2.24) is 4.90 Å². The first-order valence-corrected chi connectivity index (χ1v) is 9.45. The molecule has 1 aliphatic rings. The van der Waals surface area contributed by atoms with Gasteiger partial charge in [0.25, 0.3) is 5.91 Å². The van der Waals surface area contributed by atoms with E-state index in [1.54, 1.807) is 17.0 Å². The second-order valence-electron chi connectivity index (χ2n) is 7.73. The topological polar surface area (TPSA) is 38.8 Å². The van der Waals surface area contributed by atoms with E-state index < -0.39 is 5.66 Å². The molecule has 1 heterocycles. The van der Waals surface area contributed by atoms with Gasteiger partial charge in [-0.05, 0) is 64.3 Å². The molecule has 0 fully saturated rings. The quantitative estimate of drug-likeness (QED) is 0.837. The number of amides is 1. The molecule has 5 nitrogen and oxygen atoms in total. The maximum Gasteiger partial charge on any atom is 0.262 e. The summed E-state index contributed by atoms with van der Waals surface area (Å²) in [7, 11) is 6.18. The first-order chi connectivity index (χ1) is 12.7. The van der Waals surface area contributed by atoms with Crippen LogP contribution in [0.25, 0.3) is 0 Å². The molecule has 0 radical (unpaired) electrons. The average Bonchev–Trinajstić information content (AvgIpc) is 2.60. The normalized spacial score (nSPS) is 15.5. The highest BCUT2D eigenvalue weighted by molar-refractivity contribution is 6.30. The largest absolute Gasteiger partial charge is 0.372 e. The summed E-state index contributed by atoms with van der Waals surface area (Å²) in [6, 6.07) is 13.2. The number of carbonyl (C=O) groups excluding carboxylic acids is 1. The summed E-state index contributed by atoms with van der Waals surface area (Å²) in [4.78, 5) is 19.5. The van der Waals surface area contributed by atoms with Crippen LogP contribution < -0.4 is 15.1 Å². The van der Waals surface area contributed by atoms with E-state index >= 15 is 0 Å². The molecule has 0 atom stereocenters. The standard InChI is InChI=1S/C21H27ClN4O/c1-21(2)23-19-17(7-6-8-18(19)25(5)14-13-24(3)4)20(27)26(21)16-11-9-15(22)10-12-16/h6-12,23H,13-14H2,1-5H3. The summed E-state index contributed by atoms with van der Waals surface area (Å²) < 4.78 is 0. The molecule has 0 saturated carbocycles. The van der Waals surface area contributed by atoms with Gasteiger partial charge in [-0.25, -0.2) is 0 Å². The van der Waals surface area contributed by atoms with Crippen molar-refractivity contribution in [3.8, 4) is 0 Å². The second-order valence-corrected chi connectivity index (χ2v) is 8.16. The van der Waals surface area contributed by atoms with Crippen LogP contribution in [0, 0.1) is 0 Å². The van der Waals surface area contributed by atoms with Gasteiger partial charge in [0.05, 0.1) is 16.9 Å². The Morgan fingerprint density at radius 3 is 2.33 bits per heavy atom. The number of hydrogen-bond donors (Lipinski definition) is 1. The van der Waals surface area contributed by atoms with Crippen molar-refractivity contribution >= 4 is 34.6 Å². The first kappa shape index (κ1) is 19.5. The molecule has 0 spiro atoms. The predicted octanol–water partition coefficient (Wildman–Crippen LogP) is 4.15. The Morgan fingerprint density at radius 1 is 1.04 bits per heavy atom. The molecule has 2 aromatic carbocycles. The molecular formula is C21H27ClN4O. The molecule has 144 valence electrons. The van der Waals surface area contributed by atoms with E-state index in [-0.39, 0.29) is 5.91 Å². The summed E-state index contributed by atoms with van der Waals surface area (Å²) in [5.41, 5.74) is 2.85. The number of nitrogens with one attached hydrogen (secondary N) is 1. The summed E-state index contributed by atoms with van der Waals surface area (Å²) in [6.07, 6.45) is 0. The minimum Gasteiger partial charge on any atom is -0.372 e. The molecule has 27 heavy (non-hydrogen) atoms. The van der Waals surface area contributed by atoms with E-state index in [1.807, 2.05) is 38.1 Å². The molecular weight excluding hydrogens is 360 g/mol. The number of para-hydroxylation sites is 1. The van der Waals surface area contributed by atoms with Gasteiger partial charge in [0, 0.05) is 30.8 Å². The van der Waals surface area contributed by atoms with Crippen LogP contribution in [0.4, 0.5) is 17.1 Å². The predicted molar refractivity (Wildman–Crippen MR) is 114 cm³/mol. The van der Waals surface area contributed by atoms with Gasteiger partial charge >= 0.3 is 0 Å². The van der Waals surface area contributed by atoms with Crippen LogP contribution >= 0.6 is 11.6 Å². The maximum absolute atomic E-state index is 13.4. The zero-order valence-electron chi connectivity index (χ0n) is 16.6. The van der Waals surface area contributed by atoms with Crippen molar-refractivity contribution in [2.24, 2.45) is 0 Å². The van der Waals surface area contributed by atoms with Gasteiger partial charge in [-0.1, -0.05) is 17.7 Å². The van der Waals surface area contributed by atoms with Crippen LogP contribution in [0.2, 0.25) is 5.02 Å². The van der Waals surface area contributed by atoms with E-state index in [2.05, 4.69) is 42.3 Å². The third-order valence-electron chi connectivity index (χ3n) is 4.84. The van der Waals surface area contributed by atoms with Crippen molar-refractivity contribution < 1.29 is 4.79 Å². The van der Waals surface area contributed by atoms with Crippen molar-refractivity contribution in [1.29, 1.82) is 0 Å². The van der Waals surface area contributed by atoms with Gasteiger partial charge < -0.3 is 15.1 Å². The number of likely N-dealkylation sites (N-methyl/N-ethyl adjacent to an activating group) is 2. The van der Waals surface area contributed by atoms with Crippen LogP contribution in [0.3, 0.4) is 0 Å². The molecule has 1 aliphatic heterocycles. The van der Waals surface area contributed by atoms with Gasteiger partial charge in [-0.2, -0.15) is 0 Å². The third-order valence-corrected chi connectivity index (χ3v) is 5.10. The fourth-order valence-electron chi connectivity index (χ4n) is 3.40. The lowest BCUT2D eigenvalue weighted by Gasteiger charge is -2.45. The van der Waals surface area contributed by atoms with Gasteiger partial charge in [-0.15, -0.1) is 0 Å². The molecule has 0 saturated heterocycles. The number of benzene rings is 2. The summed E-state index contributed by atoms with van der Waals surface area (Å²) >= 11 is 6.02. The number of anilines is 3. The highest BCUT2D eigenvalue weighted by Crippen LogP contribution is 2.40. The molecule has 0 unspecified atom stereocenters. The zero-order chi connectivity index (χ0) is 19.8. The summed E-state index contributed by atoms with van der Waals surface area (Å²) in [5, 5.41) is 4.24. The maximum atomic E-state index is 13.4. The lowest BCUT2D eigenvalue weighted by molar-refractivity contribution is 0.0961. The van der Waals surface area contributed by atoms with E-state index in [9.17, 15) is 4.79 Å². The molecule has 0 aliphatic carbocycles. The Kier molecular flexibility index (Phi) is 5.36. The van der Waals surface area contributed by atoms with Crippen molar-refractivity contribution in [2.45, 2.75) is 19.5 Å². The minimum atomic E-state index is -0.573. The monoisotopic (exact) mass is 386 g/mol. The van der Waals surface area contributed by atoms with Gasteiger partial charge in [-0.3, -0.25) is 9.69 Å². The molecule has 2 aromatic rings. The highest BCUT2D eigenvalue weighted by Gasteiger charge is 2.40. The number of nitrogens with zero attached hydrogens (tertiary/aromatic N) is 3. The SMILES string of the molecule is CN(C)CCN(C)c1cccc2c1NC(C)(C)N(c1ccc(Cl)cc1)C2=O. The second kappa shape index (κ2) is 7.41. The van der Waals surface area contributed by atoms with Gasteiger partial charge in [0.1, 0.15) is 5.66 Å². The van der Waals surface area contributed by atoms with Crippen molar-refractivity contribution in [3.63, 3.8) is 0 Å². The molecule has 3 rings (SSSR count). The fraction of sp³-hybridized carbons (Fsp3) is 0.381. The summed E-state index contributed by atoms with van der Waals surface area (Å²) in [5.74, 6) is -0.0149. The average molecular weight is 387 g/mol. The fourth-order valence-corrected chi connectivity index (χ4v) is 3.53. The van der Waals surface area contributed by atoms with Crippen LogP contribution in [0.1, 0.15) is 24.2 Å². The van der Waals surface area contributed by atoms with Crippen molar-refractivity contribution in [3.05, 3.63) is 53.1 Å². The Morgan fingerprint density at radius 2 is 1.70 bits per heavy atom. The van der Waals surface area contributed by atoms with Gasteiger partial charge in [0.15, 0.2) is 0 Å². The van der Waals surface area contributed by atoms with Crippen molar-refractivity contribution in [2.75, 3.05) is 49.3 Å². The van der Waals surface area contributed by atoms with Gasteiger partial charge in [0.2, 0.25) is 0 Å². The lowest BCUT2D eigenvalue weighted by atomic mass is 9.99. The van der Waals surface area contributed by atoms with Crippen LogP contribution in [-0.4, -0.2) is 50.7 Å². The minimum absolute atomic E-state index is 0.0149.